The van der Waals surface area contributed by atoms with Gasteiger partial charge in [-0.3, -0.25) is 10.2 Å². The molecule has 84 valence electrons. The predicted octanol–water partition coefficient (Wildman–Crippen LogP) is 3.28. The van der Waals surface area contributed by atoms with Crippen molar-refractivity contribution in [3.8, 4) is 0 Å². The topological polar surface area (TPSA) is 41.5 Å². The monoisotopic (exact) mass is 280 g/mol. The number of anilines is 1. The number of hydrogen-bond acceptors (Lipinski definition) is 3. The van der Waals surface area contributed by atoms with Crippen LogP contribution in [-0.2, 0) is 4.79 Å². The Kier molecular flexibility index (Phi) is 3.39. The summed E-state index contributed by atoms with van der Waals surface area (Å²) in [5, 5.41) is 4.17. The maximum absolute atomic E-state index is 11.4. The molecule has 1 N–H and O–H groups in total. The Labute approximate surface area is 103 Å². The minimum Gasteiger partial charge on any atom is -0.293 e. The molecule has 1 aliphatic carbocycles. The van der Waals surface area contributed by atoms with Gasteiger partial charge in [0.1, 0.15) is 5.71 Å². The van der Waals surface area contributed by atoms with E-state index in [1.165, 1.54) is 0 Å². The molecule has 0 amide bonds. The average Bonchev–Trinajstić information content (AvgIpc) is 2.63. The molecule has 1 fully saturated rings. The van der Waals surface area contributed by atoms with E-state index < -0.39 is 0 Å². The quantitative estimate of drug-likeness (QED) is 0.845. The van der Waals surface area contributed by atoms with Gasteiger partial charge in [0, 0.05) is 10.9 Å². The number of aryl methyl sites for hydroxylation is 1. The molecule has 1 aromatic rings. The van der Waals surface area contributed by atoms with Crippen molar-refractivity contribution in [3.05, 3.63) is 28.2 Å². The molecule has 16 heavy (non-hydrogen) atoms. The minimum absolute atomic E-state index is 0.169. The first-order valence-electron chi connectivity index (χ1n) is 5.29. The number of nitrogens with one attached hydrogen (secondary N) is 1. The third-order valence-corrected chi connectivity index (χ3v) is 3.13. The molecular weight excluding hydrogens is 268 g/mol. The lowest BCUT2D eigenvalue weighted by molar-refractivity contribution is -0.112. The fourth-order valence-electron chi connectivity index (χ4n) is 1.70. The molecule has 1 aromatic carbocycles. The van der Waals surface area contributed by atoms with E-state index in [1.807, 2.05) is 25.1 Å². The number of rotatable bonds is 2. The van der Waals surface area contributed by atoms with Gasteiger partial charge in [-0.1, -0.05) is 15.9 Å². The van der Waals surface area contributed by atoms with Crippen molar-refractivity contribution in [2.24, 2.45) is 5.10 Å². The zero-order valence-corrected chi connectivity index (χ0v) is 10.7. The Morgan fingerprint density at radius 1 is 1.38 bits per heavy atom. The van der Waals surface area contributed by atoms with Crippen LogP contribution in [0.3, 0.4) is 0 Å². The van der Waals surface area contributed by atoms with Crippen molar-refractivity contribution in [2.75, 3.05) is 5.43 Å². The minimum atomic E-state index is 0.169. The first kappa shape index (κ1) is 11.3. The second-order valence-corrected chi connectivity index (χ2v) is 4.82. The number of carbonyl (C=O) groups excluding carboxylic acids is 1. The summed E-state index contributed by atoms with van der Waals surface area (Å²) in [6.07, 6.45) is 2.36. The van der Waals surface area contributed by atoms with Crippen LogP contribution in [0.1, 0.15) is 24.8 Å². The number of benzene rings is 1. The smallest absolute Gasteiger partial charge is 0.178 e. The van der Waals surface area contributed by atoms with Gasteiger partial charge in [0.15, 0.2) is 5.78 Å². The summed E-state index contributed by atoms with van der Waals surface area (Å²) in [5.74, 6) is 0.169. The average molecular weight is 281 g/mol. The molecular formula is C12H13BrN2O. The molecule has 0 saturated heterocycles. The van der Waals surface area contributed by atoms with Crippen molar-refractivity contribution in [2.45, 2.75) is 26.2 Å². The summed E-state index contributed by atoms with van der Waals surface area (Å²) in [6, 6.07) is 5.91. The van der Waals surface area contributed by atoms with Crippen LogP contribution in [0, 0.1) is 6.92 Å². The molecule has 0 heterocycles. The Hall–Kier alpha value is -1.16. The van der Waals surface area contributed by atoms with Crippen LogP contribution in [0.2, 0.25) is 0 Å². The molecule has 0 radical (unpaired) electrons. The summed E-state index contributed by atoms with van der Waals surface area (Å²) in [4.78, 5) is 11.4. The molecule has 3 nitrogen and oxygen atoms in total. The van der Waals surface area contributed by atoms with Gasteiger partial charge in [-0.25, -0.2) is 0 Å². The number of ketones is 1. The highest BCUT2D eigenvalue weighted by atomic mass is 79.9. The highest BCUT2D eigenvalue weighted by Crippen LogP contribution is 2.20. The van der Waals surface area contributed by atoms with Gasteiger partial charge in [0.25, 0.3) is 0 Å². The van der Waals surface area contributed by atoms with Crippen molar-refractivity contribution < 1.29 is 4.79 Å². The standard InChI is InChI=1S/C12H13BrN2O/c1-8-7-9(13)5-6-10(8)14-15-11-3-2-4-12(11)16/h5-7,14H,2-4H2,1H3. The molecule has 0 spiro atoms. The van der Waals surface area contributed by atoms with E-state index in [1.54, 1.807) is 0 Å². The molecule has 1 saturated carbocycles. The van der Waals surface area contributed by atoms with Crippen LogP contribution in [0.5, 0.6) is 0 Å². The Bertz CT molecular complexity index is 454. The van der Waals surface area contributed by atoms with Gasteiger partial charge in [-0.05, 0) is 43.5 Å². The van der Waals surface area contributed by atoms with Gasteiger partial charge in [0.2, 0.25) is 0 Å². The number of hydrazone groups is 1. The van der Waals surface area contributed by atoms with Crippen LogP contribution >= 0.6 is 15.9 Å². The second kappa shape index (κ2) is 4.78. The summed E-state index contributed by atoms with van der Waals surface area (Å²) in [5.41, 5.74) is 5.67. The number of carbonyl (C=O) groups is 1. The van der Waals surface area contributed by atoms with Crippen molar-refractivity contribution in [3.63, 3.8) is 0 Å². The summed E-state index contributed by atoms with van der Waals surface area (Å²) in [7, 11) is 0. The highest BCUT2D eigenvalue weighted by molar-refractivity contribution is 9.10. The third kappa shape index (κ3) is 2.50. The fourth-order valence-corrected chi connectivity index (χ4v) is 2.17. The Balaban J connectivity index is 2.12. The molecule has 0 aliphatic heterocycles. The van der Waals surface area contributed by atoms with E-state index >= 15 is 0 Å². The molecule has 0 aromatic heterocycles. The lowest BCUT2D eigenvalue weighted by atomic mass is 10.2. The van der Waals surface area contributed by atoms with E-state index in [-0.39, 0.29) is 5.78 Å². The molecule has 4 heteroatoms. The second-order valence-electron chi connectivity index (χ2n) is 3.91. The largest absolute Gasteiger partial charge is 0.293 e. The van der Waals surface area contributed by atoms with Crippen LogP contribution in [-0.4, -0.2) is 11.5 Å². The normalized spacial score (nSPS) is 18.1. The summed E-state index contributed by atoms with van der Waals surface area (Å²) >= 11 is 3.41. The maximum atomic E-state index is 11.4. The van der Waals surface area contributed by atoms with Crippen molar-refractivity contribution in [1.29, 1.82) is 0 Å². The predicted molar refractivity (Wildman–Crippen MR) is 68.8 cm³/mol. The fraction of sp³-hybridized carbons (Fsp3) is 0.333. The van der Waals surface area contributed by atoms with Crippen LogP contribution in [0.15, 0.2) is 27.8 Å². The molecule has 1 aliphatic rings. The van der Waals surface area contributed by atoms with Gasteiger partial charge >= 0.3 is 0 Å². The van der Waals surface area contributed by atoms with E-state index in [9.17, 15) is 4.79 Å². The SMILES string of the molecule is Cc1cc(Br)ccc1NN=C1CCCC1=O. The lowest BCUT2D eigenvalue weighted by Crippen LogP contribution is -2.07. The molecule has 0 unspecified atom stereocenters. The number of nitrogens with zero attached hydrogens (tertiary/aromatic N) is 1. The van der Waals surface area contributed by atoms with Gasteiger partial charge < -0.3 is 0 Å². The van der Waals surface area contributed by atoms with E-state index in [0.717, 1.165) is 28.6 Å². The zero-order valence-electron chi connectivity index (χ0n) is 9.09. The van der Waals surface area contributed by atoms with Crippen molar-refractivity contribution in [1.82, 2.24) is 0 Å². The number of hydrogen-bond donors (Lipinski definition) is 1. The maximum Gasteiger partial charge on any atom is 0.178 e. The van der Waals surface area contributed by atoms with Crippen LogP contribution in [0.25, 0.3) is 0 Å². The molecule has 2 rings (SSSR count). The summed E-state index contributed by atoms with van der Waals surface area (Å²) in [6.45, 7) is 2.00. The summed E-state index contributed by atoms with van der Waals surface area (Å²) < 4.78 is 1.04. The van der Waals surface area contributed by atoms with E-state index in [2.05, 4.69) is 26.5 Å². The van der Waals surface area contributed by atoms with Gasteiger partial charge in [-0.2, -0.15) is 5.10 Å². The van der Waals surface area contributed by atoms with Gasteiger partial charge in [-0.15, -0.1) is 0 Å². The first-order chi connectivity index (χ1) is 7.66. The van der Waals surface area contributed by atoms with E-state index in [0.29, 0.717) is 12.1 Å². The Morgan fingerprint density at radius 2 is 2.19 bits per heavy atom. The van der Waals surface area contributed by atoms with Gasteiger partial charge in [0.05, 0.1) is 5.69 Å². The number of halogens is 1. The molecule has 0 atom stereocenters. The molecule has 0 bridgehead atoms. The van der Waals surface area contributed by atoms with E-state index in [4.69, 9.17) is 0 Å². The first-order valence-corrected chi connectivity index (χ1v) is 6.08. The van der Waals surface area contributed by atoms with Crippen molar-refractivity contribution >= 4 is 33.1 Å². The lowest BCUT2D eigenvalue weighted by Gasteiger charge is -2.05. The third-order valence-electron chi connectivity index (χ3n) is 2.64. The number of Topliss-reactive ketones (excluding diaryl/α,β-unsaturated/α-hetero) is 1. The zero-order chi connectivity index (χ0) is 11.5. The van der Waals surface area contributed by atoms with Crippen LogP contribution < -0.4 is 5.43 Å². The Morgan fingerprint density at radius 3 is 2.81 bits per heavy atom. The van der Waals surface area contributed by atoms with Crippen LogP contribution in [0.4, 0.5) is 5.69 Å². The highest BCUT2D eigenvalue weighted by Gasteiger charge is 2.18.